The fourth-order valence-electron chi connectivity index (χ4n) is 3.73. The van der Waals surface area contributed by atoms with Gasteiger partial charge in [0.15, 0.2) is 0 Å². The third-order valence-electron chi connectivity index (χ3n) is 5.19. The van der Waals surface area contributed by atoms with Gasteiger partial charge >= 0.3 is 5.97 Å². The van der Waals surface area contributed by atoms with Crippen molar-refractivity contribution in [3.63, 3.8) is 0 Å². The molecule has 1 fully saturated rings. The van der Waals surface area contributed by atoms with Gasteiger partial charge in [0.2, 0.25) is 0 Å². The van der Waals surface area contributed by atoms with Gasteiger partial charge in [0, 0.05) is 26.3 Å². The second-order valence-electron chi connectivity index (χ2n) is 6.96. The van der Waals surface area contributed by atoms with Crippen LogP contribution in [0.4, 0.5) is 0 Å². The first-order chi connectivity index (χ1) is 13.5. The van der Waals surface area contributed by atoms with Crippen molar-refractivity contribution in [2.24, 2.45) is 7.05 Å². The third kappa shape index (κ3) is 3.22. The normalized spacial score (nSPS) is 15.1. The largest absolute Gasteiger partial charge is 0.478 e. The summed E-state index contributed by atoms with van der Waals surface area (Å²) in [5, 5.41) is 19.9. The molecule has 1 N–H and O–H groups in total. The van der Waals surface area contributed by atoms with E-state index in [0.29, 0.717) is 24.3 Å². The first-order valence-corrected chi connectivity index (χ1v) is 9.98. The van der Waals surface area contributed by atoms with Gasteiger partial charge in [-0.1, -0.05) is 6.07 Å². The highest BCUT2D eigenvalue weighted by atomic mass is 32.1. The van der Waals surface area contributed by atoms with Crippen LogP contribution in [0.5, 0.6) is 0 Å². The minimum absolute atomic E-state index is 0.0154. The third-order valence-corrected chi connectivity index (χ3v) is 6.06. The second-order valence-corrected chi connectivity index (χ2v) is 7.91. The molecule has 3 aromatic rings. The highest BCUT2D eigenvalue weighted by Gasteiger charge is 2.29. The number of carboxylic acids is 1. The Bertz CT molecular complexity index is 1010. The number of thiophene rings is 1. The van der Waals surface area contributed by atoms with E-state index in [9.17, 15) is 14.7 Å². The molecule has 4 heterocycles. The number of aromatic nitrogens is 4. The minimum Gasteiger partial charge on any atom is -0.478 e. The van der Waals surface area contributed by atoms with Gasteiger partial charge < -0.3 is 10.0 Å². The lowest BCUT2D eigenvalue weighted by Crippen LogP contribution is -2.39. The van der Waals surface area contributed by atoms with Crippen molar-refractivity contribution in [2.75, 3.05) is 13.1 Å². The van der Waals surface area contributed by atoms with Crippen LogP contribution in [0.25, 0.3) is 10.6 Å². The van der Waals surface area contributed by atoms with Crippen molar-refractivity contribution >= 4 is 23.2 Å². The first-order valence-electron chi connectivity index (χ1n) is 9.10. The molecule has 146 valence electrons. The van der Waals surface area contributed by atoms with Crippen molar-refractivity contribution < 1.29 is 14.7 Å². The summed E-state index contributed by atoms with van der Waals surface area (Å²) in [7, 11) is 1.82. The van der Waals surface area contributed by atoms with Crippen molar-refractivity contribution in [2.45, 2.75) is 25.8 Å². The minimum atomic E-state index is -0.964. The van der Waals surface area contributed by atoms with E-state index < -0.39 is 5.97 Å². The van der Waals surface area contributed by atoms with E-state index in [-0.39, 0.29) is 17.5 Å². The van der Waals surface area contributed by atoms with Gasteiger partial charge in [0.25, 0.3) is 5.91 Å². The van der Waals surface area contributed by atoms with Crippen LogP contribution >= 0.6 is 11.3 Å². The lowest BCUT2D eigenvalue weighted by atomic mass is 10.0. The number of hydrogen-bond acceptors (Lipinski definition) is 5. The molecule has 1 saturated heterocycles. The van der Waals surface area contributed by atoms with E-state index in [2.05, 4.69) is 10.2 Å². The van der Waals surface area contributed by atoms with E-state index in [0.717, 1.165) is 23.4 Å². The van der Waals surface area contributed by atoms with Crippen molar-refractivity contribution in [3.8, 4) is 10.6 Å². The number of likely N-dealkylation sites (tertiary alicyclic amines) is 1. The van der Waals surface area contributed by atoms with Crippen LogP contribution in [0.1, 0.15) is 45.3 Å². The van der Waals surface area contributed by atoms with Crippen LogP contribution in [0.2, 0.25) is 0 Å². The average molecular weight is 399 g/mol. The maximum absolute atomic E-state index is 13.1. The van der Waals surface area contributed by atoms with Gasteiger partial charge in [-0.2, -0.15) is 10.2 Å². The Balaban J connectivity index is 1.49. The lowest BCUT2D eigenvalue weighted by molar-refractivity contribution is 0.0688. The van der Waals surface area contributed by atoms with E-state index in [4.69, 9.17) is 0 Å². The van der Waals surface area contributed by atoms with Gasteiger partial charge in [-0.05, 0) is 31.2 Å². The number of carboxylic acid groups (broad SMARTS) is 1. The number of carbonyl (C=O) groups excluding carboxylic acids is 1. The van der Waals surface area contributed by atoms with Crippen LogP contribution < -0.4 is 0 Å². The van der Waals surface area contributed by atoms with E-state index in [1.54, 1.807) is 33.8 Å². The Morgan fingerprint density at radius 2 is 2.00 bits per heavy atom. The van der Waals surface area contributed by atoms with Gasteiger partial charge in [-0.3, -0.25) is 14.2 Å². The Labute approximate surface area is 166 Å². The van der Waals surface area contributed by atoms with E-state index in [1.807, 2.05) is 29.5 Å². The molecule has 0 saturated carbocycles. The number of piperidine rings is 1. The van der Waals surface area contributed by atoms with Gasteiger partial charge in [0.1, 0.15) is 11.3 Å². The Hall–Kier alpha value is -2.94. The van der Waals surface area contributed by atoms with E-state index >= 15 is 0 Å². The Kier molecular flexibility index (Phi) is 4.76. The summed E-state index contributed by atoms with van der Waals surface area (Å²) in [6.07, 6.45) is 4.65. The predicted molar refractivity (Wildman–Crippen MR) is 105 cm³/mol. The van der Waals surface area contributed by atoms with Crippen molar-refractivity contribution in [3.05, 3.63) is 46.7 Å². The summed E-state index contributed by atoms with van der Waals surface area (Å²) in [6, 6.07) is 4.02. The number of aromatic carboxylic acids is 1. The first kappa shape index (κ1) is 18.4. The Morgan fingerprint density at radius 3 is 2.61 bits per heavy atom. The topological polar surface area (TPSA) is 93.3 Å². The molecule has 28 heavy (non-hydrogen) atoms. The van der Waals surface area contributed by atoms with Crippen molar-refractivity contribution in [1.29, 1.82) is 0 Å². The molecule has 0 radical (unpaired) electrons. The molecule has 0 aromatic carbocycles. The summed E-state index contributed by atoms with van der Waals surface area (Å²) in [5.41, 5.74) is 2.23. The summed E-state index contributed by atoms with van der Waals surface area (Å²) < 4.78 is 3.46. The lowest BCUT2D eigenvalue weighted by Gasteiger charge is -2.32. The number of rotatable bonds is 4. The maximum atomic E-state index is 13.1. The van der Waals surface area contributed by atoms with Crippen LogP contribution in [0.3, 0.4) is 0 Å². The molecule has 1 amide bonds. The summed E-state index contributed by atoms with van der Waals surface area (Å²) >= 11 is 1.57. The monoisotopic (exact) mass is 399 g/mol. The molecule has 0 aliphatic carbocycles. The van der Waals surface area contributed by atoms with Gasteiger partial charge in [-0.25, -0.2) is 4.79 Å². The van der Waals surface area contributed by atoms with E-state index in [1.165, 1.54) is 6.20 Å². The number of carbonyl (C=O) groups is 2. The molecule has 1 aliphatic heterocycles. The molecule has 3 aromatic heterocycles. The smallest absolute Gasteiger partial charge is 0.339 e. The fourth-order valence-corrected chi connectivity index (χ4v) is 4.45. The van der Waals surface area contributed by atoms with Crippen LogP contribution in [0.15, 0.2) is 29.9 Å². The average Bonchev–Trinajstić information content (AvgIpc) is 3.40. The summed E-state index contributed by atoms with van der Waals surface area (Å²) in [4.78, 5) is 27.2. The van der Waals surface area contributed by atoms with Gasteiger partial charge in [-0.15, -0.1) is 11.3 Å². The molecule has 1 aliphatic rings. The Morgan fingerprint density at radius 1 is 1.25 bits per heavy atom. The number of nitrogens with zero attached hydrogens (tertiary/aromatic N) is 5. The fraction of sp³-hybridized carbons (Fsp3) is 0.368. The van der Waals surface area contributed by atoms with Crippen LogP contribution in [0, 0.1) is 6.92 Å². The standard InChI is InChI=1S/C19H21N5O3S/c1-12-14(19(26)27)10-20-24(12)13-5-7-23(8-6-13)18(25)15-11-22(2)21-17(15)16-4-3-9-28-16/h3-4,9-11,13H,5-8H2,1-2H3,(H,26,27). The number of hydrogen-bond donors (Lipinski definition) is 1. The molecule has 0 atom stereocenters. The zero-order valence-electron chi connectivity index (χ0n) is 15.7. The predicted octanol–water partition coefficient (Wildman–Crippen LogP) is 2.83. The molecule has 9 heteroatoms. The zero-order chi connectivity index (χ0) is 19.8. The molecular weight excluding hydrogens is 378 g/mol. The molecular formula is C19H21N5O3S. The SMILES string of the molecule is Cc1c(C(=O)O)cnn1C1CCN(C(=O)c2cn(C)nc2-c2cccs2)CC1. The maximum Gasteiger partial charge on any atom is 0.339 e. The molecule has 4 rings (SSSR count). The number of amides is 1. The van der Waals surface area contributed by atoms with Crippen LogP contribution in [-0.2, 0) is 7.05 Å². The summed E-state index contributed by atoms with van der Waals surface area (Å²) in [5.74, 6) is -0.979. The quantitative estimate of drug-likeness (QED) is 0.728. The zero-order valence-corrected chi connectivity index (χ0v) is 16.5. The molecule has 0 unspecified atom stereocenters. The van der Waals surface area contributed by atoms with Crippen LogP contribution in [-0.4, -0.2) is 54.5 Å². The second kappa shape index (κ2) is 7.23. The van der Waals surface area contributed by atoms with Crippen molar-refractivity contribution in [1.82, 2.24) is 24.5 Å². The summed E-state index contributed by atoms with van der Waals surface area (Å²) in [6.45, 7) is 2.98. The highest BCUT2D eigenvalue weighted by molar-refractivity contribution is 7.13. The molecule has 0 spiro atoms. The molecule has 0 bridgehead atoms. The highest BCUT2D eigenvalue weighted by Crippen LogP contribution is 2.30. The van der Waals surface area contributed by atoms with Gasteiger partial charge in [0.05, 0.1) is 28.4 Å². The number of aryl methyl sites for hydroxylation is 1. The molecule has 8 nitrogen and oxygen atoms in total.